The van der Waals surface area contributed by atoms with Crippen molar-refractivity contribution in [2.24, 2.45) is 0 Å². The minimum atomic E-state index is 0.130. The molecule has 3 aromatic rings. The van der Waals surface area contributed by atoms with Crippen molar-refractivity contribution >= 4 is 44.9 Å². The van der Waals surface area contributed by atoms with Crippen molar-refractivity contribution < 1.29 is 4.79 Å². The van der Waals surface area contributed by atoms with Gasteiger partial charge in [0.05, 0.1) is 11.9 Å². The molecule has 0 N–H and O–H groups in total. The Morgan fingerprint density at radius 2 is 1.89 bits per heavy atom. The van der Waals surface area contributed by atoms with Gasteiger partial charge in [-0.15, -0.1) is 11.3 Å². The lowest BCUT2D eigenvalue weighted by atomic mass is 10.1. The molecular weight excluding hydrogens is 394 g/mol. The van der Waals surface area contributed by atoms with E-state index in [9.17, 15) is 4.79 Å². The van der Waals surface area contributed by atoms with Crippen molar-refractivity contribution in [2.75, 3.05) is 51.7 Å². The Hall–Kier alpha value is -2.22. The average Bonchev–Trinajstić information content (AvgIpc) is 3.13. The summed E-state index contributed by atoms with van der Waals surface area (Å²) in [5, 5.41) is 3.76. The summed E-state index contributed by atoms with van der Waals surface area (Å²) in [5.41, 5.74) is 2.12. The van der Waals surface area contributed by atoms with E-state index in [2.05, 4.69) is 27.3 Å². The zero-order valence-corrected chi connectivity index (χ0v) is 17.5. The molecule has 3 heterocycles. The molecule has 1 fully saturated rings. The highest BCUT2D eigenvalue weighted by molar-refractivity contribution is 7.17. The van der Waals surface area contributed by atoms with Crippen LogP contribution in [-0.2, 0) is 4.79 Å². The lowest BCUT2D eigenvalue weighted by Gasteiger charge is -2.33. The van der Waals surface area contributed by atoms with Crippen LogP contribution in [0.15, 0.2) is 36.0 Å². The van der Waals surface area contributed by atoms with Crippen LogP contribution >= 0.6 is 22.9 Å². The quantitative estimate of drug-likeness (QED) is 0.654. The number of anilines is 1. The number of likely N-dealkylation sites (N-methyl/N-ethyl adjacent to an activating group) is 2. The second-order valence-electron chi connectivity index (χ2n) is 7.07. The third-order valence-electron chi connectivity index (χ3n) is 5.10. The second-order valence-corrected chi connectivity index (χ2v) is 8.37. The zero-order chi connectivity index (χ0) is 19.7. The topological polar surface area (TPSA) is 52.6 Å². The molecule has 1 amide bonds. The average molecular weight is 416 g/mol. The first-order valence-electron chi connectivity index (χ1n) is 9.18. The van der Waals surface area contributed by atoms with E-state index < -0.39 is 0 Å². The predicted molar refractivity (Wildman–Crippen MR) is 115 cm³/mol. The van der Waals surface area contributed by atoms with Crippen molar-refractivity contribution in [3.8, 4) is 11.1 Å². The highest BCUT2D eigenvalue weighted by Crippen LogP contribution is 2.37. The highest BCUT2D eigenvalue weighted by Gasteiger charge is 2.22. The fourth-order valence-electron chi connectivity index (χ4n) is 3.42. The first kappa shape index (κ1) is 19.1. The van der Waals surface area contributed by atoms with E-state index in [0.29, 0.717) is 11.6 Å². The SMILES string of the molecule is CN1CCN(C(=O)CN(C)c2ncnc3scc(-c4ccc(Cl)cc4)c23)CC1. The molecule has 6 nitrogen and oxygen atoms in total. The van der Waals surface area contributed by atoms with E-state index in [-0.39, 0.29) is 5.91 Å². The summed E-state index contributed by atoms with van der Waals surface area (Å²) in [7, 11) is 4.00. The molecule has 0 bridgehead atoms. The Balaban J connectivity index is 1.62. The van der Waals surface area contributed by atoms with E-state index in [1.807, 2.05) is 41.1 Å². The summed E-state index contributed by atoms with van der Waals surface area (Å²) in [6.45, 7) is 3.68. The van der Waals surface area contributed by atoms with Gasteiger partial charge >= 0.3 is 0 Å². The molecule has 8 heteroatoms. The van der Waals surface area contributed by atoms with Crippen LogP contribution in [0.2, 0.25) is 5.02 Å². The molecule has 0 radical (unpaired) electrons. The van der Waals surface area contributed by atoms with E-state index in [0.717, 1.165) is 53.3 Å². The van der Waals surface area contributed by atoms with Crippen LogP contribution < -0.4 is 4.90 Å². The van der Waals surface area contributed by atoms with Crippen molar-refractivity contribution in [1.29, 1.82) is 0 Å². The van der Waals surface area contributed by atoms with Crippen molar-refractivity contribution in [3.05, 3.63) is 41.0 Å². The summed E-state index contributed by atoms with van der Waals surface area (Å²) >= 11 is 7.62. The number of nitrogens with zero attached hydrogens (tertiary/aromatic N) is 5. The summed E-state index contributed by atoms with van der Waals surface area (Å²) in [4.78, 5) is 28.7. The highest BCUT2D eigenvalue weighted by atomic mass is 35.5. The van der Waals surface area contributed by atoms with Gasteiger partial charge in [0, 0.05) is 49.2 Å². The molecule has 0 atom stereocenters. The maximum atomic E-state index is 12.8. The largest absolute Gasteiger partial charge is 0.350 e. The molecule has 0 saturated carbocycles. The molecule has 0 aliphatic carbocycles. The molecule has 1 aromatic carbocycles. The van der Waals surface area contributed by atoms with E-state index in [1.165, 1.54) is 0 Å². The normalized spacial score (nSPS) is 15.2. The van der Waals surface area contributed by atoms with Gasteiger partial charge < -0.3 is 14.7 Å². The molecule has 1 aliphatic rings. The molecule has 28 heavy (non-hydrogen) atoms. The number of amides is 1. The number of benzene rings is 1. The number of rotatable bonds is 4. The fourth-order valence-corrected chi connectivity index (χ4v) is 4.46. The van der Waals surface area contributed by atoms with Gasteiger partial charge in [-0.1, -0.05) is 23.7 Å². The first-order chi connectivity index (χ1) is 13.5. The van der Waals surface area contributed by atoms with Gasteiger partial charge in [0.1, 0.15) is 17.0 Å². The van der Waals surface area contributed by atoms with Gasteiger partial charge in [0.15, 0.2) is 0 Å². The molecule has 0 unspecified atom stereocenters. The van der Waals surface area contributed by atoms with Crippen LogP contribution in [0.4, 0.5) is 5.82 Å². The van der Waals surface area contributed by atoms with Crippen LogP contribution in [0.5, 0.6) is 0 Å². The maximum Gasteiger partial charge on any atom is 0.242 e. The number of carbonyl (C=O) groups is 1. The number of thiophene rings is 1. The van der Waals surface area contributed by atoms with E-state index >= 15 is 0 Å². The van der Waals surface area contributed by atoms with Crippen molar-refractivity contribution in [1.82, 2.24) is 19.8 Å². The lowest BCUT2D eigenvalue weighted by Crippen LogP contribution is -2.49. The number of fused-ring (bicyclic) bond motifs is 1. The summed E-state index contributed by atoms with van der Waals surface area (Å²) in [5.74, 6) is 0.907. The molecule has 0 spiro atoms. The van der Waals surface area contributed by atoms with Crippen LogP contribution in [0, 0.1) is 0 Å². The number of aromatic nitrogens is 2. The molecule has 1 aliphatic heterocycles. The van der Waals surface area contributed by atoms with Crippen molar-refractivity contribution in [2.45, 2.75) is 0 Å². The van der Waals surface area contributed by atoms with Gasteiger partial charge in [0.25, 0.3) is 0 Å². The van der Waals surface area contributed by atoms with Crippen molar-refractivity contribution in [3.63, 3.8) is 0 Å². The Kier molecular flexibility index (Phi) is 5.48. The van der Waals surface area contributed by atoms with Crippen LogP contribution in [0.1, 0.15) is 0 Å². The molecule has 4 rings (SSSR count). The van der Waals surface area contributed by atoms with Crippen LogP contribution in [0.3, 0.4) is 0 Å². The van der Waals surface area contributed by atoms with Gasteiger partial charge in [-0.05, 0) is 24.7 Å². The Morgan fingerprint density at radius 1 is 1.18 bits per heavy atom. The van der Waals surface area contributed by atoms with Gasteiger partial charge in [-0.3, -0.25) is 4.79 Å². The third kappa shape index (κ3) is 3.83. The fraction of sp³-hybridized carbons (Fsp3) is 0.350. The summed E-state index contributed by atoms with van der Waals surface area (Å²) in [6, 6.07) is 7.75. The number of halogens is 1. The first-order valence-corrected chi connectivity index (χ1v) is 10.4. The predicted octanol–water partition coefficient (Wildman–Crippen LogP) is 3.22. The number of hydrogen-bond donors (Lipinski definition) is 0. The minimum absolute atomic E-state index is 0.130. The number of hydrogen-bond acceptors (Lipinski definition) is 6. The lowest BCUT2D eigenvalue weighted by molar-refractivity contribution is -0.131. The molecule has 146 valence electrons. The second kappa shape index (κ2) is 8.03. The zero-order valence-electron chi connectivity index (χ0n) is 15.9. The van der Waals surface area contributed by atoms with Crippen LogP contribution in [0.25, 0.3) is 21.3 Å². The van der Waals surface area contributed by atoms with Crippen LogP contribution in [-0.4, -0.2) is 72.5 Å². The van der Waals surface area contributed by atoms with E-state index in [4.69, 9.17) is 11.6 Å². The van der Waals surface area contributed by atoms with E-state index in [1.54, 1.807) is 17.7 Å². The molecular formula is C20H22ClN5OS. The Bertz CT molecular complexity index is 982. The maximum absolute atomic E-state index is 12.8. The van der Waals surface area contributed by atoms with Gasteiger partial charge in [-0.2, -0.15) is 0 Å². The Labute approximate surface area is 173 Å². The van der Waals surface area contributed by atoms with Gasteiger partial charge in [0.2, 0.25) is 5.91 Å². The summed E-state index contributed by atoms with van der Waals surface area (Å²) < 4.78 is 0. The number of carbonyl (C=O) groups excluding carboxylic acids is 1. The summed E-state index contributed by atoms with van der Waals surface area (Å²) in [6.07, 6.45) is 1.57. The smallest absolute Gasteiger partial charge is 0.242 e. The van der Waals surface area contributed by atoms with Gasteiger partial charge in [-0.25, -0.2) is 9.97 Å². The molecule has 2 aromatic heterocycles. The third-order valence-corrected chi connectivity index (χ3v) is 6.23. The standard InChI is InChI=1S/C20H22ClN5OS/c1-24-7-9-26(10-8-24)17(27)11-25(2)19-18-16(12-28-20(18)23-13-22-19)14-3-5-15(21)6-4-14/h3-6,12-13H,7-11H2,1-2H3. The monoisotopic (exact) mass is 415 g/mol. The Morgan fingerprint density at radius 3 is 2.61 bits per heavy atom. The minimum Gasteiger partial charge on any atom is -0.350 e. The number of piperazine rings is 1. The molecule has 1 saturated heterocycles.